The zero-order valence-electron chi connectivity index (χ0n) is 8.46. The van der Waals surface area contributed by atoms with Crippen LogP contribution in [0.25, 0.3) is 10.9 Å². The Morgan fingerprint density at radius 3 is 2.87 bits per heavy atom. The molecule has 0 saturated heterocycles. The number of H-pyrrole nitrogens is 1. The Hall–Kier alpha value is -2.15. The smallest absolute Gasteiger partial charge is 0.168 e. The van der Waals surface area contributed by atoms with E-state index in [2.05, 4.69) is 16.3 Å². The first-order valence-corrected chi connectivity index (χ1v) is 4.52. The van der Waals surface area contributed by atoms with Gasteiger partial charge in [0, 0.05) is 5.39 Å². The van der Waals surface area contributed by atoms with Crippen LogP contribution in [0.2, 0.25) is 0 Å². The molecule has 74 valence electrons. The van der Waals surface area contributed by atoms with Crippen molar-refractivity contribution in [3.63, 3.8) is 0 Å². The number of carbonyl (C=O) groups is 1. The van der Waals surface area contributed by atoms with Crippen LogP contribution in [0.5, 0.6) is 0 Å². The van der Waals surface area contributed by atoms with E-state index in [0.29, 0.717) is 28.4 Å². The predicted molar refractivity (Wildman–Crippen MR) is 55.7 cm³/mol. The van der Waals surface area contributed by atoms with Crippen molar-refractivity contribution < 1.29 is 4.79 Å². The molecule has 0 fully saturated rings. The molecule has 0 radical (unpaired) electrons. The summed E-state index contributed by atoms with van der Waals surface area (Å²) in [5.41, 5.74) is 3.43. The molecular weight excluding hydrogens is 190 g/mol. The quantitative estimate of drug-likeness (QED) is 0.712. The number of nitrogens with one attached hydrogen (secondary N) is 1. The summed E-state index contributed by atoms with van der Waals surface area (Å²) in [7, 11) is 0. The molecule has 1 N–H and O–H groups in total. The Kier molecular flexibility index (Phi) is 2.01. The van der Waals surface area contributed by atoms with Gasteiger partial charge in [0.2, 0.25) is 0 Å². The SMILES string of the molecule is Cc1cc2c(C=O)[nH]nc2c(C#N)c1C. The number of hydrogen-bond donors (Lipinski definition) is 1. The molecule has 0 atom stereocenters. The maximum atomic E-state index is 10.7. The number of aromatic amines is 1. The van der Waals surface area contributed by atoms with Gasteiger partial charge in [-0.3, -0.25) is 9.89 Å². The number of nitrogens with zero attached hydrogens (tertiary/aromatic N) is 2. The Balaban J connectivity index is 2.97. The molecule has 0 aliphatic carbocycles. The Morgan fingerprint density at radius 1 is 1.53 bits per heavy atom. The molecule has 0 amide bonds. The highest BCUT2D eigenvalue weighted by Crippen LogP contribution is 2.24. The monoisotopic (exact) mass is 199 g/mol. The van der Waals surface area contributed by atoms with Gasteiger partial charge >= 0.3 is 0 Å². The van der Waals surface area contributed by atoms with E-state index < -0.39 is 0 Å². The van der Waals surface area contributed by atoms with Gasteiger partial charge < -0.3 is 0 Å². The molecular formula is C11H9N3O. The summed E-state index contributed by atoms with van der Waals surface area (Å²) < 4.78 is 0. The molecule has 4 nitrogen and oxygen atoms in total. The van der Waals surface area contributed by atoms with Gasteiger partial charge in [0.15, 0.2) is 6.29 Å². The fourth-order valence-corrected chi connectivity index (χ4v) is 1.63. The third kappa shape index (κ3) is 1.21. The maximum absolute atomic E-state index is 10.7. The second-order valence-electron chi connectivity index (χ2n) is 3.46. The molecule has 0 unspecified atom stereocenters. The molecule has 1 aromatic heterocycles. The van der Waals surface area contributed by atoms with Crippen LogP contribution < -0.4 is 0 Å². The van der Waals surface area contributed by atoms with E-state index in [1.54, 1.807) is 0 Å². The van der Waals surface area contributed by atoms with Crippen LogP contribution >= 0.6 is 0 Å². The van der Waals surface area contributed by atoms with Crippen molar-refractivity contribution in [2.45, 2.75) is 13.8 Å². The zero-order chi connectivity index (χ0) is 11.0. The molecule has 0 bridgehead atoms. The van der Waals surface area contributed by atoms with Gasteiger partial charge in [-0.25, -0.2) is 0 Å². The Morgan fingerprint density at radius 2 is 2.27 bits per heavy atom. The molecule has 0 aliphatic rings. The largest absolute Gasteiger partial charge is 0.296 e. The van der Waals surface area contributed by atoms with Crippen molar-refractivity contribution in [2.24, 2.45) is 0 Å². The van der Waals surface area contributed by atoms with Gasteiger partial charge in [-0.1, -0.05) is 0 Å². The highest BCUT2D eigenvalue weighted by molar-refractivity contribution is 5.98. The first-order chi connectivity index (χ1) is 7.19. The number of carbonyl (C=O) groups excluding carboxylic acids is 1. The molecule has 1 heterocycles. The second-order valence-corrected chi connectivity index (χ2v) is 3.46. The molecule has 0 spiro atoms. The predicted octanol–water partition coefficient (Wildman–Crippen LogP) is 1.86. The highest BCUT2D eigenvalue weighted by Gasteiger charge is 2.12. The molecule has 2 aromatic rings. The number of aldehydes is 1. The van der Waals surface area contributed by atoms with E-state index in [9.17, 15) is 4.79 Å². The van der Waals surface area contributed by atoms with E-state index >= 15 is 0 Å². The van der Waals surface area contributed by atoms with Crippen molar-refractivity contribution in [2.75, 3.05) is 0 Å². The maximum Gasteiger partial charge on any atom is 0.168 e. The van der Waals surface area contributed by atoms with Crippen LogP contribution in [0.3, 0.4) is 0 Å². The molecule has 0 aliphatic heterocycles. The molecule has 1 aromatic carbocycles. The van der Waals surface area contributed by atoms with E-state index in [4.69, 9.17) is 5.26 Å². The summed E-state index contributed by atoms with van der Waals surface area (Å²) >= 11 is 0. The van der Waals surface area contributed by atoms with Crippen molar-refractivity contribution in [1.29, 1.82) is 5.26 Å². The van der Waals surface area contributed by atoms with Crippen LogP contribution in [0.4, 0.5) is 0 Å². The highest BCUT2D eigenvalue weighted by atomic mass is 16.1. The average molecular weight is 199 g/mol. The third-order valence-corrected chi connectivity index (χ3v) is 2.63. The van der Waals surface area contributed by atoms with Crippen molar-refractivity contribution in [1.82, 2.24) is 10.2 Å². The van der Waals surface area contributed by atoms with Crippen LogP contribution in [-0.4, -0.2) is 16.5 Å². The summed E-state index contributed by atoms with van der Waals surface area (Å²) in [4.78, 5) is 10.7. The number of fused-ring (bicyclic) bond motifs is 1. The standard InChI is InChI=1S/C11H9N3O/c1-6-3-8-10(5-15)13-14-11(8)9(4-12)7(6)2/h3,5H,1-2H3,(H,13,14). The van der Waals surface area contributed by atoms with E-state index in [1.807, 2.05) is 19.9 Å². The van der Waals surface area contributed by atoms with E-state index in [0.717, 1.165) is 11.1 Å². The molecule has 2 rings (SSSR count). The summed E-state index contributed by atoms with van der Waals surface area (Å²) in [6, 6.07) is 3.99. The zero-order valence-corrected chi connectivity index (χ0v) is 8.46. The topological polar surface area (TPSA) is 69.5 Å². The summed E-state index contributed by atoms with van der Waals surface area (Å²) in [5, 5.41) is 16.4. The number of rotatable bonds is 1. The second kappa shape index (κ2) is 3.21. The third-order valence-electron chi connectivity index (χ3n) is 2.63. The minimum absolute atomic E-state index is 0.421. The van der Waals surface area contributed by atoms with Crippen LogP contribution in [0.1, 0.15) is 27.2 Å². The van der Waals surface area contributed by atoms with Gasteiger partial charge in [0.25, 0.3) is 0 Å². The van der Waals surface area contributed by atoms with Crippen LogP contribution in [-0.2, 0) is 0 Å². The first kappa shape index (κ1) is 9.41. The number of benzene rings is 1. The Bertz CT molecular complexity index is 590. The summed E-state index contributed by atoms with van der Waals surface area (Å²) in [6.07, 6.45) is 0.714. The number of aromatic nitrogens is 2. The number of aryl methyl sites for hydroxylation is 1. The first-order valence-electron chi connectivity index (χ1n) is 4.52. The van der Waals surface area contributed by atoms with Gasteiger partial charge in [-0.15, -0.1) is 0 Å². The lowest BCUT2D eigenvalue weighted by atomic mass is 10.00. The van der Waals surface area contributed by atoms with Crippen molar-refractivity contribution in [3.8, 4) is 6.07 Å². The minimum Gasteiger partial charge on any atom is -0.296 e. The fraction of sp³-hybridized carbons (Fsp3) is 0.182. The van der Waals surface area contributed by atoms with Gasteiger partial charge in [-0.05, 0) is 31.0 Å². The number of hydrogen-bond acceptors (Lipinski definition) is 3. The van der Waals surface area contributed by atoms with Gasteiger partial charge in [-0.2, -0.15) is 10.4 Å². The van der Waals surface area contributed by atoms with Crippen molar-refractivity contribution >= 4 is 17.2 Å². The van der Waals surface area contributed by atoms with Gasteiger partial charge in [0.1, 0.15) is 17.3 Å². The lowest BCUT2D eigenvalue weighted by molar-refractivity contribution is 0.112. The number of nitriles is 1. The Labute approximate surface area is 86.5 Å². The lowest BCUT2D eigenvalue weighted by Gasteiger charge is -2.02. The molecule has 0 saturated carbocycles. The minimum atomic E-state index is 0.421. The molecule has 15 heavy (non-hydrogen) atoms. The summed E-state index contributed by atoms with van der Waals surface area (Å²) in [6.45, 7) is 3.79. The normalized spacial score (nSPS) is 10.2. The van der Waals surface area contributed by atoms with Crippen LogP contribution in [0, 0.1) is 25.2 Å². The average Bonchev–Trinajstić information content (AvgIpc) is 2.62. The summed E-state index contributed by atoms with van der Waals surface area (Å²) in [5.74, 6) is 0. The van der Waals surface area contributed by atoms with E-state index in [-0.39, 0.29) is 0 Å². The molecule has 4 heteroatoms. The van der Waals surface area contributed by atoms with Gasteiger partial charge in [0.05, 0.1) is 5.56 Å². The van der Waals surface area contributed by atoms with Crippen molar-refractivity contribution in [3.05, 3.63) is 28.5 Å². The fourth-order valence-electron chi connectivity index (χ4n) is 1.63. The van der Waals surface area contributed by atoms with E-state index in [1.165, 1.54) is 0 Å². The van der Waals surface area contributed by atoms with Crippen LogP contribution in [0.15, 0.2) is 6.07 Å². The lowest BCUT2D eigenvalue weighted by Crippen LogP contribution is -1.89.